The number of nitrogens with zero attached hydrogens (tertiary/aromatic N) is 4. The van der Waals surface area contributed by atoms with E-state index in [0.29, 0.717) is 128 Å². The van der Waals surface area contributed by atoms with Crippen molar-refractivity contribution in [2.75, 3.05) is 98.9 Å². The number of hydrogen-bond acceptors (Lipinski definition) is 26. The van der Waals surface area contributed by atoms with E-state index in [0.717, 1.165) is 135 Å². The number of nitrogens with two attached hydrogens (primary N) is 1. The summed E-state index contributed by atoms with van der Waals surface area (Å²) in [4.78, 5) is 122. The summed E-state index contributed by atoms with van der Waals surface area (Å²) in [5.41, 5.74) is 16.9. The topological polar surface area (TPSA) is 440 Å². The van der Waals surface area contributed by atoms with Gasteiger partial charge in [-0.25, -0.2) is 28.8 Å². The molecular formula is C96H118Br5N7O25. The number of carboxylic acids is 2. The van der Waals surface area contributed by atoms with Crippen molar-refractivity contribution in [1.29, 1.82) is 0 Å². The van der Waals surface area contributed by atoms with Crippen molar-refractivity contribution in [2.45, 2.75) is 179 Å². The second kappa shape index (κ2) is 57.2. The Bertz CT molecular complexity index is 5480. The van der Waals surface area contributed by atoms with Crippen LogP contribution >= 0.6 is 79.6 Å². The summed E-state index contributed by atoms with van der Waals surface area (Å²) in [5, 5.41) is 51.9. The van der Waals surface area contributed by atoms with Gasteiger partial charge in [0.1, 0.15) is 35.2 Å². The van der Waals surface area contributed by atoms with Gasteiger partial charge in [0.25, 0.3) is 22.8 Å². The van der Waals surface area contributed by atoms with Crippen LogP contribution in [0, 0.1) is 27.2 Å². The summed E-state index contributed by atoms with van der Waals surface area (Å²) in [7, 11) is 6.82. The van der Waals surface area contributed by atoms with Crippen molar-refractivity contribution in [3.8, 4) is 17.2 Å². The van der Waals surface area contributed by atoms with Crippen LogP contribution in [0.5, 0.6) is 17.2 Å². The number of non-ortho nitro benzene ring substituents is 2. The Kier molecular flexibility index (Phi) is 48.5. The molecule has 2 aliphatic rings. The number of carbonyl (C=O) groups is 7. The monoisotopic (exact) mass is 2160 g/mol. The van der Waals surface area contributed by atoms with E-state index in [1.807, 2.05) is 72.7 Å². The third-order valence-electron chi connectivity index (χ3n) is 21.2. The highest BCUT2D eigenvalue weighted by Gasteiger charge is 2.31. The van der Waals surface area contributed by atoms with Crippen LogP contribution in [-0.2, 0) is 91.2 Å². The van der Waals surface area contributed by atoms with Gasteiger partial charge in [0.05, 0.1) is 103 Å². The number of halogens is 5. The number of aromatic nitrogens is 1. The molecule has 0 bridgehead atoms. The second-order valence-corrected chi connectivity index (χ2v) is 33.8. The number of benzene rings is 7. The first-order chi connectivity index (χ1) is 63.4. The molecule has 1 amide bonds. The molecule has 2 saturated heterocycles. The number of likely N-dealkylation sites (tertiary alicyclic amines) is 1. The SMILES string of the molecule is CCOC(COc1cc(Br)c(CC)c(C(=O)OC)c1)OCC.CCc1c(Br)cc(N)cc1C(=O)OC.CCc1c(Br)cc(O)cc1C(=O)OC.CCc1c(Br)cc([N+](=O)[O-])cc1C(=O)O.CCc1c(Br)cc([N+](=O)[O-])cc1C(=O)OC.CCc1c(N(CC)C2CCOCC2)cc2oc(CN3CCCCC3)cc2c1C(=O)NCc1c(OC)cc(C)[nH]c1=O.CCc1ccccc1C(=O)O. The van der Waals surface area contributed by atoms with Gasteiger partial charge in [0.2, 0.25) is 0 Å². The number of piperidine rings is 1. The fourth-order valence-corrected chi connectivity index (χ4v) is 18.4. The van der Waals surface area contributed by atoms with Crippen LogP contribution in [0.25, 0.3) is 11.0 Å². The molecule has 0 spiro atoms. The predicted molar refractivity (Wildman–Crippen MR) is 526 cm³/mol. The van der Waals surface area contributed by atoms with Gasteiger partial charge in [-0.3, -0.25) is 34.7 Å². The van der Waals surface area contributed by atoms with Gasteiger partial charge in [-0.15, -0.1) is 0 Å². The number of nitrogens with one attached hydrogen (secondary N) is 2. The van der Waals surface area contributed by atoms with Crippen LogP contribution < -0.4 is 31.0 Å². The number of carboxylic acid groups (broad SMARTS) is 2. The number of aromatic hydroxyl groups is 1. The molecule has 11 rings (SSSR count). The zero-order chi connectivity index (χ0) is 99.0. The average molecular weight is 2170 g/mol. The van der Waals surface area contributed by atoms with Crippen LogP contribution in [0.4, 0.5) is 22.7 Å². The Balaban J connectivity index is 0.000000292. The number of aromatic amines is 1. The van der Waals surface area contributed by atoms with Crippen molar-refractivity contribution in [3.05, 3.63) is 251 Å². The highest BCUT2D eigenvalue weighted by Crippen LogP contribution is 2.39. The fraction of sp³-hybridized carbons (Fsp3) is 0.417. The quantitative estimate of drug-likeness (QED) is 0.00587. The van der Waals surface area contributed by atoms with E-state index in [-0.39, 0.29) is 64.8 Å². The highest BCUT2D eigenvalue weighted by atomic mass is 79.9. The summed E-state index contributed by atoms with van der Waals surface area (Å²) < 4.78 is 56.2. The molecule has 7 aromatic carbocycles. The molecule has 7 N–H and O–H groups in total. The van der Waals surface area contributed by atoms with E-state index in [4.69, 9.17) is 48.8 Å². The number of phenols is 1. The number of H-pyrrole nitrogens is 1. The van der Waals surface area contributed by atoms with Crippen LogP contribution in [0.15, 0.2) is 135 Å². The standard InChI is InChI=1S/C32H44N4O5.C16H23BrO5.C10H10BrNO4.C10H12BrNO2.C10H11BrO3.C9H8BrNO4.C9H10O2/c1-5-24-27(36(6-2)22-10-14-40-15-11-22)18-29-25(17-23(41-29)20-35-12-8-7-9-13-35)30(24)32(38)33-19-26-28(39-4)16-21(3)34-31(26)37;1-5-12-13(16(18)19-4)8-11(9-14(12)17)22-10-15(20-6-2)21-7-3;1-3-7-8(10(13)16-2)4-6(12(14)15)5-9(7)11;2*1-3-7-8(10(13)14-2)4-6(12)5-9(7)11;1-2-6-7(9(12)13)3-5(11(14)15)4-8(6)10;1-2-7-5-3-4-6-8(7)9(10)11/h16-18,22H,5-15,19-20H2,1-4H3,(H,33,38)(H,34,37);8-9,15H,5-7,10H2,1-4H3;4-5H,3H2,1-2H3;4-5H,3,12H2,1-2H3;4-5,12H,3H2,1-2H3;3-4H,2H2,1H3,(H,12,13);3-6H,2H2,1H3,(H,10,11). The minimum atomic E-state index is -1.16. The lowest BCUT2D eigenvalue weighted by Crippen LogP contribution is -2.40. The van der Waals surface area contributed by atoms with E-state index in [1.165, 1.54) is 79.1 Å². The third-order valence-corrected chi connectivity index (χ3v) is 24.8. The largest absolute Gasteiger partial charge is 0.508 e. The normalized spacial score (nSPS) is 12.1. The number of esters is 4. The summed E-state index contributed by atoms with van der Waals surface area (Å²) in [6.07, 6.45) is 9.87. The number of furan rings is 1. The van der Waals surface area contributed by atoms with Crippen LogP contribution in [-0.4, -0.2) is 177 Å². The average Bonchev–Trinajstić information content (AvgIpc) is 1.62. The molecule has 133 heavy (non-hydrogen) atoms. The number of aromatic carboxylic acids is 2. The number of nitro benzene ring substituents is 2. The lowest BCUT2D eigenvalue weighted by molar-refractivity contribution is -0.385. The molecule has 2 aromatic heterocycles. The van der Waals surface area contributed by atoms with E-state index >= 15 is 0 Å². The van der Waals surface area contributed by atoms with Gasteiger partial charge >= 0.3 is 35.8 Å². The number of amides is 1. The number of carbonyl (C=O) groups excluding carboxylic acids is 5. The molecule has 722 valence electrons. The number of hydrogen-bond donors (Lipinski definition) is 6. The van der Waals surface area contributed by atoms with Crippen molar-refractivity contribution >= 4 is 155 Å². The van der Waals surface area contributed by atoms with Gasteiger partial charge in [-0.05, 0) is 205 Å². The van der Waals surface area contributed by atoms with Crippen molar-refractivity contribution in [1.82, 2.24) is 15.2 Å². The molecule has 2 fully saturated rings. The van der Waals surface area contributed by atoms with Crippen molar-refractivity contribution < 1.29 is 106 Å². The molecule has 32 nitrogen and oxygen atoms in total. The van der Waals surface area contributed by atoms with Gasteiger partial charge in [-0.2, -0.15) is 0 Å². The van der Waals surface area contributed by atoms with Crippen LogP contribution in [0.2, 0.25) is 0 Å². The number of nitrogen functional groups attached to an aromatic ring is 1. The maximum absolute atomic E-state index is 14.1. The Morgan fingerprint density at radius 3 is 1.50 bits per heavy atom. The lowest BCUT2D eigenvalue weighted by Gasteiger charge is -2.37. The molecule has 2 aliphatic heterocycles. The molecule has 0 saturated carbocycles. The fourth-order valence-electron chi connectivity index (χ4n) is 14.8. The highest BCUT2D eigenvalue weighted by molar-refractivity contribution is 9.11. The number of anilines is 2. The van der Waals surface area contributed by atoms with Crippen LogP contribution in [0.3, 0.4) is 0 Å². The number of ether oxygens (including phenoxy) is 9. The van der Waals surface area contributed by atoms with Gasteiger partial charge in [-0.1, -0.05) is 153 Å². The number of phenolic OH excluding ortho intramolecular Hbond substituents is 1. The number of pyridine rings is 1. The minimum absolute atomic E-state index is 0.0291. The Hall–Kier alpha value is -10.6. The number of methoxy groups -OCH3 is 5. The Morgan fingerprint density at radius 1 is 0.571 bits per heavy atom. The lowest BCUT2D eigenvalue weighted by atomic mass is 9.95. The molecule has 4 heterocycles. The number of fused-ring (bicyclic) bond motifs is 1. The van der Waals surface area contributed by atoms with E-state index in [2.05, 4.69) is 134 Å². The minimum Gasteiger partial charge on any atom is -0.508 e. The summed E-state index contributed by atoms with van der Waals surface area (Å²) in [6, 6.07) is 28.3. The number of nitro groups is 2. The summed E-state index contributed by atoms with van der Waals surface area (Å²) >= 11 is 16.5. The number of rotatable bonds is 31. The molecule has 0 atom stereocenters. The Labute approximate surface area is 815 Å². The molecule has 0 unspecified atom stereocenters. The van der Waals surface area contributed by atoms with Gasteiger partial charge < -0.3 is 83.3 Å². The zero-order valence-corrected chi connectivity index (χ0v) is 85.5. The Morgan fingerprint density at radius 2 is 1.04 bits per heavy atom. The first-order valence-corrected chi connectivity index (χ1v) is 47.2. The zero-order valence-electron chi connectivity index (χ0n) is 77.6. The van der Waals surface area contributed by atoms with Crippen molar-refractivity contribution in [2.24, 2.45) is 0 Å². The second-order valence-electron chi connectivity index (χ2n) is 29.5. The van der Waals surface area contributed by atoms with E-state index in [9.17, 15) is 63.7 Å². The molecule has 0 radical (unpaired) electrons. The first-order valence-electron chi connectivity index (χ1n) is 43.2. The van der Waals surface area contributed by atoms with E-state index in [1.54, 1.807) is 56.3 Å². The smallest absolute Gasteiger partial charge is 0.338 e. The summed E-state index contributed by atoms with van der Waals surface area (Å²) in [6.45, 7) is 27.9. The van der Waals surface area contributed by atoms with Gasteiger partial charge in [0, 0.05) is 114 Å². The maximum Gasteiger partial charge on any atom is 0.338 e. The van der Waals surface area contributed by atoms with Crippen LogP contribution in [0.1, 0.15) is 230 Å². The van der Waals surface area contributed by atoms with Gasteiger partial charge in [0.15, 0.2) is 6.29 Å². The summed E-state index contributed by atoms with van der Waals surface area (Å²) in [5.74, 6) is -2.00. The molecule has 0 aliphatic carbocycles. The predicted octanol–water partition coefficient (Wildman–Crippen LogP) is 20.7. The third kappa shape index (κ3) is 32.6. The first kappa shape index (κ1) is 113. The molecule has 9 aromatic rings. The van der Waals surface area contributed by atoms with Crippen molar-refractivity contribution in [3.63, 3.8) is 0 Å². The molecule has 37 heteroatoms. The molecular weight excluding hydrogens is 2050 g/mol. The van der Waals surface area contributed by atoms with E-state index < -0.39 is 40.0 Å². The maximum atomic E-state index is 14.1. The number of aryl methyl sites for hydroxylation is 2.